The Morgan fingerprint density at radius 2 is 1.72 bits per heavy atom. The number of hydrogen-bond acceptors (Lipinski definition) is 6. The molecule has 6 aromatic rings. The second-order valence-electron chi connectivity index (χ2n) is 11.0. The lowest BCUT2D eigenvalue weighted by Crippen LogP contribution is -2.40. The van der Waals surface area contributed by atoms with E-state index in [2.05, 4.69) is 10.6 Å². The van der Waals surface area contributed by atoms with Gasteiger partial charge in [-0.2, -0.15) is 5.26 Å². The van der Waals surface area contributed by atoms with Crippen molar-refractivity contribution in [3.8, 4) is 6.07 Å². The first-order valence-corrected chi connectivity index (χ1v) is 15.9. The number of hydrogen-bond donors (Lipinski definition) is 0. The molecule has 0 amide bonds. The van der Waals surface area contributed by atoms with Crippen LogP contribution < -0.4 is 14.9 Å². The Kier molecular flexibility index (Phi) is 7.94. The van der Waals surface area contributed by atoms with Gasteiger partial charge < -0.3 is 9.30 Å². The average molecular weight is 639 g/mol. The summed E-state index contributed by atoms with van der Waals surface area (Å²) in [6.45, 7) is 2.33. The maximum Gasteiger partial charge on any atom is 0.338 e. The van der Waals surface area contributed by atoms with Crippen molar-refractivity contribution in [1.82, 2.24) is 9.13 Å². The third-order valence-electron chi connectivity index (χ3n) is 8.14. The molecule has 0 saturated heterocycles. The van der Waals surface area contributed by atoms with E-state index in [1.807, 2.05) is 85.1 Å². The molecular formula is C38H27FN4O3S. The summed E-state index contributed by atoms with van der Waals surface area (Å²) in [4.78, 5) is 33.3. The Labute approximate surface area is 273 Å². The van der Waals surface area contributed by atoms with Crippen LogP contribution in [0, 0.1) is 17.1 Å². The fourth-order valence-electron chi connectivity index (χ4n) is 6.01. The summed E-state index contributed by atoms with van der Waals surface area (Å²) in [7, 11) is 0. The minimum Gasteiger partial charge on any atom is -0.463 e. The first-order valence-electron chi connectivity index (χ1n) is 15.1. The number of ether oxygens (including phenoxy) is 1. The molecule has 230 valence electrons. The molecule has 9 heteroatoms. The van der Waals surface area contributed by atoms with Crippen molar-refractivity contribution < 1.29 is 13.9 Å². The SMILES string of the molecule is CCOC(=O)C1=C(c2ccccc2)N=c2s/c(=C\c3cn(Cc4ccccc4C#N)c4ccccc34)c(=O)n2[C@H]1c1ccc(F)cc1. The van der Waals surface area contributed by atoms with Crippen LogP contribution in [0.4, 0.5) is 4.39 Å². The van der Waals surface area contributed by atoms with E-state index in [0.717, 1.165) is 22.0 Å². The number of nitrogens with zero attached hydrogens (tertiary/aromatic N) is 4. The molecule has 3 heterocycles. The van der Waals surface area contributed by atoms with Crippen LogP contribution in [0.3, 0.4) is 0 Å². The number of fused-ring (bicyclic) bond motifs is 2. The van der Waals surface area contributed by atoms with Gasteiger partial charge >= 0.3 is 5.97 Å². The fourth-order valence-corrected chi connectivity index (χ4v) is 7.01. The van der Waals surface area contributed by atoms with Gasteiger partial charge in [-0.1, -0.05) is 90.2 Å². The molecule has 7 nitrogen and oxygen atoms in total. The number of halogens is 1. The number of aromatic nitrogens is 2. The van der Waals surface area contributed by atoms with Gasteiger partial charge in [0.1, 0.15) is 5.82 Å². The highest BCUT2D eigenvalue weighted by molar-refractivity contribution is 7.07. The first kappa shape index (κ1) is 29.8. The highest BCUT2D eigenvalue weighted by atomic mass is 32.1. The van der Waals surface area contributed by atoms with Crippen LogP contribution in [0.25, 0.3) is 22.7 Å². The summed E-state index contributed by atoms with van der Waals surface area (Å²) >= 11 is 1.23. The topological polar surface area (TPSA) is 89.4 Å². The van der Waals surface area contributed by atoms with E-state index in [1.54, 1.807) is 25.1 Å². The van der Waals surface area contributed by atoms with Gasteiger partial charge in [-0.05, 0) is 48.4 Å². The molecule has 0 unspecified atom stereocenters. The molecular weight excluding hydrogens is 612 g/mol. The summed E-state index contributed by atoms with van der Waals surface area (Å²) < 4.78 is 23.6. The highest BCUT2D eigenvalue weighted by Crippen LogP contribution is 2.35. The van der Waals surface area contributed by atoms with Gasteiger partial charge in [0.2, 0.25) is 0 Å². The lowest BCUT2D eigenvalue weighted by atomic mass is 9.93. The molecule has 7 rings (SSSR count). The monoisotopic (exact) mass is 638 g/mol. The third-order valence-corrected chi connectivity index (χ3v) is 9.13. The maximum absolute atomic E-state index is 14.3. The maximum atomic E-state index is 14.3. The molecule has 1 atom stereocenters. The predicted molar refractivity (Wildman–Crippen MR) is 180 cm³/mol. The molecule has 1 aliphatic heterocycles. The van der Waals surface area contributed by atoms with Gasteiger partial charge in [-0.3, -0.25) is 9.36 Å². The molecule has 0 spiro atoms. The van der Waals surface area contributed by atoms with Gasteiger partial charge in [0, 0.05) is 34.8 Å². The van der Waals surface area contributed by atoms with E-state index in [1.165, 1.54) is 28.0 Å². The Balaban J connectivity index is 1.45. The van der Waals surface area contributed by atoms with Crippen LogP contribution in [-0.4, -0.2) is 21.7 Å². The Morgan fingerprint density at radius 3 is 2.49 bits per heavy atom. The third kappa shape index (κ3) is 5.49. The van der Waals surface area contributed by atoms with Gasteiger partial charge in [-0.25, -0.2) is 14.2 Å². The van der Waals surface area contributed by atoms with Crippen molar-refractivity contribution in [3.05, 3.63) is 168 Å². The number of thiazole rings is 1. The van der Waals surface area contributed by atoms with E-state index in [-0.39, 0.29) is 17.7 Å². The van der Waals surface area contributed by atoms with Gasteiger partial charge in [0.25, 0.3) is 5.56 Å². The zero-order valence-electron chi connectivity index (χ0n) is 25.3. The van der Waals surface area contributed by atoms with Crippen molar-refractivity contribution in [3.63, 3.8) is 0 Å². The van der Waals surface area contributed by atoms with Crippen LogP contribution in [0.2, 0.25) is 0 Å². The Hall–Kier alpha value is -5.85. The number of rotatable bonds is 7. The molecule has 0 fully saturated rings. The highest BCUT2D eigenvalue weighted by Gasteiger charge is 2.35. The van der Waals surface area contributed by atoms with E-state index >= 15 is 0 Å². The van der Waals surface area contributed by atoms with E-state index in [9.17, 15) is 19.2 Å². The molecule has 2 aromatic heterocycles. The number of benzene rings is 4. The standard InChI is InChI=1S/C38H27FN4O3S/c1-2-46-37(45)33-34(24-10-4-3-5-11-24)41-38-43(35(33)25-16-18-29(39)19-17-25)36(44)32(47-38)20-28-23-42(31-15-9-8-14-30(28)31)22-27-13-7-6-12-26(27)21-40/h3-20,23,35H,2,22H2,1H3/b32-20-/t35-/m0/s1. The molecule has 0 bridgehead atoms. The molecule has 0 aliphatic carbocycles. The molecule has 0 saturated carbocycles. The average Bonchev–Trinajstić information content (AvgIpc) is 3.61. The Morgan fingerprint density at radius 1 is 1.00 bits per heavy atom. The molecule has 1 aliphatic rings. The summed E-state index contributed by atoms with van der Waals surface area (Å²) in [5, 5.41) is 10.6. The van der Waals surface area contributed by atoms with Gasteiger partial charge in [0.05, 0.1) is 40.1 Å². The zero-order valence-corrected chi connectivity index (χ0v) is 26.1. The normalized spacial score (nSPS) is 14.5. The lowest BCUT2D eigenvalue weighted by Gasteiger charge is -2.25. The molecule has 0 N–H and O–H groups in total. The second-order valence-corrected chi connectivity index (χ2v) is 12.0. The minimum atomic E-state index is -0.896. The number of esters is 1. The van der Waals surface area contributed by atoms with Crippen molar-refractivity contribution in [2.24, 2.45) is 4.99 Å². The molecule has 4 aromatic carbocycles. The van der Waals surface area contributed by atoms with E-state index < -0.39 is 17.8 Å². The number of carbonyl (C=O) groups excluding carboxylic acids is 1. The summed E-state index contributed by atoms with van der Waals surface area (Å²) in [6.07, 6.45) is 3.82. The predicted octanol–water partition coefficient (Wildman–Crippen LogP) is 5.95. The van der Waals surface area contributed by atoms with Crippen molar-refractivity contribution in [2.75, 3.05) is 6.61 Å². The van der Waals surface area contributed by atoms with Crippen LogP contribution in [-0.2, 0) is 16.1 Å². The lowest BCUT2D eigenvalue weighted by molar-refractivity contribution is -0.138. The van der Waals surface area contributed by atoms with Gasteiger partial charge in [0.15, 0.2) is 4.80 Å². The van der Waals surface area contributed by atoms with Crippen molar-refractivity contribution in [2.45, 2.75) is 19.5 Å². The Bertz CT molecular complexity index is 2420. The zero-order chi connectivity index (χ0) is 32.5. The largest absolute Gasteiger partial charge is 0.463 e. The number of nitriles is 1. The van der Waals surface area contributed by atoms with E-state index in [0.29, 0.717) is 38.3 Å². The van der Waals surface area contributed by atoms with Crippen LogP contribution >= 0.6 is 11.3 Å². The van der Waals surface area contributed by atoms with Crippen molar-refractivity contribution >= 4 is 40.0 Å². The first-order chi connectivity index (χ1) is 23.0. The smallest absolute Gasteiger partial charge is 0.338 e. The molecule has 47 heavy (non-hydrogen) atoms. The van der Waals surface area contributed by atoms with Crippen LogP contribution in [0.15, 0.2) is 125 Å². The van der Waals surface area contributed by atoms with Crippen molar-refractivity contribution in [1.29, 1.82) is 5.26 Å². The van der Waals surface area contributed by atoms with Gasteiger partial charge in [-0.15, -0.1) is 0 Å². The second kappa shape index (κ2) is 12.5. The summed E-state index contributed by atoms with van der Waals surface area (Å²) in [5.41, 5.74) is 4.80. The fraction of sp³-hybridized carbons (Fsp3) is 0.105. The molecule has 0 radical (unpaired) electrons. The number of para-hydroxylation sites is 1. The summed E-state index contributed by atoms with van der Waals surface area (Å²) in [6, 6.07) is 31.9. The van der Waals surface area contributed by atoms with Crippen LogP contribution in [0.1, 0.15) is 40.8 Å². The summed E-state index contributed by atoms with van der Waals surface area (Å²) in [5.74, 6) is -1.03. The van der Waals surface area contributed by atoms with Crippen LogP contribution in [0.5, 0.6) is 0 Å². The quantitative estimate of drug-likeness (QED) is 0.202. The minimum absolute atomic E-state index is 0.133. The van der Waals surface area contributed by atoms with E-state index in [4.69, 9.17) is 9.73 Å². The number of carbonyl (C=O) groups is 1.